The summed E-state index contributed by atoms with van der Waals surface area (Å²) in [4.78, 5) is 20.2. The minimum atomic E-state index is 0.914. The lowest BCUT2D eigenvalue weighted by molar-refractivity contribution is 1.15. The van der Waals surface area contributed by atoms with E-state index in [0.717, 1.165) is 50.6 Å². The van der Waals surface area contributed by atoms with Crippen molar-refractivity contribution in [1.82, 2.24) is 24.9 Å². The minimum Gasteiger partial charge on any atom is -0.342 e. The number of benzene rings is 3. The quantitative estimate of drug-likeness (QED) is 0.385. The van der Waals surface area contributed by atoms with Crippen molar-refractivity contribution in [3.8, 4) is 22.5 Å². The van der Waals surface area contributed by atoms with Crippen molar-refractivity contribution in [1.29, 1.82) is 0 Å². The van der Waals surface area contributed by atoms with Gasteiger partial charge in [0.15, 0.2) is 0 Å². The molecule has 5 heteroatoms. The standard InChI is InChI=1S/C25H19N5/c1-14-26-13-24(28-14)19-4-3-16-11-23(27-12-20(16)10-19)18-5-7-21-17(9-18)6-8-22-25(21)30-15(2)29-22/h3-13H,1-2H3,(H,26,28)(H,29,30). The van der Waals surface area contributed by atoms with Crippen LogP contribution in [0.15, 0.2) is 67.0 Å². The first-order valence-electron chi connectivity index (χ1n) is 9.95. The van der Waals surface area contributed by atoms with Crippen LogP contribution in [0.4, 0.5) is 0 Å². The molecule has 0 atom stereocenters. The Balaban J connectivity index is 1.43. The molecule has 3 heterocycles. The van der Waals surface area contributed by atoms with Gasteiger partial charge in [-0.2, -0.15) is 0 Å². The first-order chi connectivity index (χ1) is 14.6. The molecule has 0 spiro atoms. The number of nitrogens with zero attached hydrogens (tertiary/aromatic N) is 3. The molecule has 0 saturated heterocycles. The van der Waals surface area contributed by atoms with Gasteiger partial charge in [0, 0.05) is 28.1 Å². The highest BCUT2D eigenvalue weighted by Crippen LogP contribution is 2.30. The third kappa shape index (κ3) is 2.67. The van der Waals surface area contributed by atoms with Gasteiger partial charge in [0.1, 0.15) is 11.6 Å². The molecule has 0 saturated carbocycles. The molecule has 0 radical (unpaired) electrons. The van der Waals surface area contributed by atoms with Crippen molar-refractivity contribution in [3.05, 3.63) is 78.6 Å². The van der Waals surface area contributed by atoms with Gasteiger partial charge < -0.3 is 9.97 Å². The van der Waals surface area contributed by atoms with Crippen LogP contribution in [0.5, 0.6) is 0 Å². The van der Waals surface area contributed by atoms with E-state index in [0.29, 0.717) is 0 Å². The summed E-state index contributed by atoms with van der Waals surface area (Å²) in [5.74, 6) is 1.85. The van der Waals surface area contributed by atoms with Gasteiger partial charge in [-0.1, -0.05) is 30.3 Å². The number of nitrogens with one attached hydrogen (secondary N) is 2. The number of aromatic amines is 2. The van der Waals surface area contributed by atoms with Crippen molar-refractivity contribution in [2.45, 2.75) is 13.8 Å². The molecular weight excluding hydrogens is 370 g/mol. The number of aryl methyl sites for hydroxylation is 2. The van der Waals surface area contributed by atoms with E-state index in [-0.39, 0.29) is 0 Å². The Hall–Kier alpha value is -3.99. The average molecular weight is 389 g/mol. The molecule has 5 nitrogen and oxygen atoms in total. The second-order valence-corrected chi connectivity index (χ2v) is 7.73. The molecule has 3 aromatic carbocycles. The lowest BCUT2D eigenvalue weighted by Crippen LogP contribution is -1.86. The molecular formula is C25H19N5. The Labute approximate surface area is 172 Å². The van der Waals surface area contributed by atoms with Gasteiger partial charge in [-0.15, -0.1) is 0 Å². The number of aromatic nitrogens is 5. The molecule has 0 fully saturated rings. The van der Waals surface area contributed by atoms with Crippen LogP contribution in [0.1, 0.15) is 11.6 Å². The second kappa shape index (κ2) is 6.26. The predicted octanol–water partition coefficient (Wildman–Crippen LogP) is 5.94. The Morgan fingerprint density at radius 2 is 1.50 bits per heavy atom. The van der Waals surface area contributed by atoms with Crippen LogP contribution in [-0.4, -0.2) is 24.9 Å². The number of rotatable bonds is 2. The second-order valence-electron chi connectivity index (χ2n) is 7.73. The molecule has 3 aromatic heterocycles. The van der Waals surface area contributed by atoms with Crippen LogP contribution >= 0.6 is 0 Å². The first-order valence-corrected chi connectivity index (χ1v) is 9.95. The third-order valence-corrected chi connectivity index (χ3v) is 5.62. The fourth-order valence-corrected chi connectivity index (χ4v) is 4.13. The van der Waals surface area contributed by atoms with Crippen LogP contribution in [-0.2, 0) is 0 Å². The monoisotopic (exact) mass is 389 g/mol. The van der Waals surface area contributed by atoms with Crippen LogP contribution in [0.2, 0.25) is 0 Å². The number of hydrogen-bond acceptors (Lipinski definition) is 3. The highest BCUT2D eigenvalue weighted by Gasteiger charge is 2.08. The largest absolute Gasteiger partial charge is 0.342 e. The van der Waals surface area contributed by atoms with Gasteiger partial charge in [0.05, 0.1) is 28.6 Å². The number of pyridine rings is 1. The fourth-order valence-electron chi connectivity index (χ4n) is 4.13. The highest BCUT2D eigenvalue weighted by atomic mass is 14.9. The van der Waals surface area contributed by atoms with Gasteiger partial charge in [-0.25, -0.2) is 9.97 Å². The predicted molar refractivity (Wildman–Crippen MR) is 121 cm³/mol. The van der Waals surface area contributed by atoms with Crippen molar-refractivity contribution < 1.29 is 0 Å². The van der Waals surface area contributed by atoms with E-state index in [4.69, 9.17) is 4.98 Å². The number of hydrogen-bond donors (Lipinski definition) is 2. The van der Waals surface area contributed by atoms with E-state index >= 15 is 0 Å². The Morgan fingerprint density at radius 3 is 2.37 bits per heavy atom. The molecule has 6 aromatic rings. The van der Waals surface area contributed by atoms with Gasteiger partial charge in [0.2, 0.25) is 0 Å². The minimum absolute atomic E-state index is 0.914. The summed E-state index contributed by atoms with van der Waals surface area (Å²) in [6.07, 6.45) is 3.81. The third-order valence-electron chi connectivity index (χ3n) is 5.62. The first kappa shape index (κ1) is 16.9. The number of fused-ring (bicyclic) bond motifs is 4. The lowest BCUT2D eigenvalue weighted by atomic mass is 10.0. The van der Waals surface area contributed by atoms with Crippen molar-refractivity contribution >= 4 is 32.6 Å². The zero-order chi connectivity index (χ0) is 20.2. The molecule has 2 N–H and O–H groups in total. The Bertz CT molecular complexity index is 1570. The molecule has 0 aliphatic carbocycles. The van der Waals surface area contributed by atoms with Gasteiger partial charge in [-0.3, -0.25) is 4.98 Å². The zero-order valence-corrected chi connectivity index (χ0v) is 16.7. The summed E-state index contributed by atoms with van der Waals surface area (Å²) in [6.45, 7) is 3.94. The SMILES string of the molecule is Cc1ncc(-c2ccc3cc(-c4ccc5c(ccc6nc(C)[nH]c65)c4)ncc3c2)[nH]1. The molecule has 0 amide bonds. The van der Waals surface area contributed by atoms with E-state index in [1.54, 1.807) is 0 Å². The Morgan fingerprint density at radius 1 is 0.667 bits per heavy atom. The van der Waals surface area contributed by atoms with Gasteiger partial charge >= 0.3 is 0 Å². The maximum atomic E-state index is 4.74. The molecule has 0 aliphatic rings. The van der Waals surface area contributed by atoms with E-state index in [1.807, 2.05) is 26.2 Å². The fraction of sp³-hybridized carbons (Fsp3) is 0.0800. The van der Waals surface area contributed by atoms with Crippen LogP contribution in [0, 0.1) is 13.8 Å². The maximum Gasteiger partial charge on any atom is 0.104 e. The summed E-state index contributed by atoms with van der Waals surface area (Å²) >= 11 is 0. The van der Waals surface area contributed by atoms with Gasteiger partial charge in [0.25, 0.3) is 0 Å². The average Bonchev–Trinajstić information content (AvgIpc) is 3.37. The van der Waals surface area contributed by atoms with E-state index in [2.05, 4.69) is 74.5 Å². The topological polar surface area (TPSA) is 70.2 Å². The van der Waals surface area contributed by atoms with E-state index in [1.165, 1.54) is 16.2 Å². The molecule has 30 heavy (non-hydrogen) atoms. The van der Waals surface area contributed by atoms with Crippen LogP contribution in [0.3, 0.4) is 0 Å². The van der Waals surface area contributed by atoms with Crippen molar-refractivity contribution in [2.24, 2.45) is 0 Å². The van der Waals surface area contributed by atoms with Crippen molar-refractivity contribution in [2.75, 3.05) is 0 Å². The van der Waals surface area contributed by atoms with Crippen molar-refractivity contribution in [3.63, 3.8) is 0 Å². The molecule has 0 bridgehead atoms. The number of H-pyrrole nitrogens is 2. The lowest BCUT2D eigenvalue weighted by Gasteiger charge is -2.07. The smallest absolute Gasteiger partial charge is 0.104 e. The Kier molecular flexibility index (Phi) is 3.53. The molecule has 0 aliphatic heterocycles. The molecule has 6 rings (SSSR count). The van der Waals surface area contributed by atoms with E-state index < -0.39 is 0 Å². The summed E-state index contributed by atoms with van der Waals surface area (Å²) in [6, 6.07) is 19.2. The normalized spacial score (nSPS) is 11.7. The van der Waals surface area contributed by atoms with Crippen LogP contribution < -0.4 is 0 Å². The summed E-state index contributed by atoms with van der Waals surface area (Å²) in [7, 11) is 0. The maximum absolute atomic E-state index is 4.74. The summed E-state index contributed by atoms with van der Waals surface area (Å²) < 4.78 is 0. The highest BCUT2D eigenvalue weighted by molar-refractivity contribution is 6.05. The summed E-state index contributed by atoms with van der Waals surface area (Å²) in [5.41, 5.74) is 6.30. The zero-order valence-electron chi connectivity index (χ0n) is 16.7. The van der Waals surface area contributed by atoms with E-state index in [9.17, 15) is 0 Å². The summed E-state index contributed by atoms with van der Waals surface area (Å²) in [5, 5.41) is 4.63. The molecule has 144 valence electrons. The van der Waals surface area contributed by atoms with Gasteiger partial charge in [-0.05, 0) is 48.9 Å². The number of imidazole rings is 2. The molecule has 0 unspecified atom stereocenters. The van der Waals surface area contributed by atoms with Crippen LogP contribution in [0.25, 0.3) is 55.1 Å².